The Morgan fingerprint density at radius 3 is 2.56 bits per heavy atom. The maximum absolute atomic E-state index is 10.1. The summed E-state index contributed by atoms with van der Waals surface area (Å²) in [5, 5.41) is 10.7. The third-order valence-electron chi connectivity index (χ3n) is 3.17. The topological polar surface area (TPSA) is 32.7 Å². The van der Waals surface area contributed by atoms with Gasteiger partial charge in [0.25, 0.3) is 0 Å². The Morgan fingerprint density at radius 1 is 1.33 bits per heavy atom. The van der Waals surface area contributed by atoms with Crippen molar-refractivity contribution in [2.75, 3.05) is 26.7 Å². The highest BCUT2D eigenvalue weighted by Gasteiger charge is 2.11. The van der Waals surface area contributed by atoms with Crippen LogP contribution in [0.1, 0.15) is 31.9 Å². The van der Waals surface area contributed by atoms with Crippen LogP contribution in [0, 0.1) is 0 Å². The number of hydrogen-bond acceptors (Lipinski definition) is 3. The molecule has 0 aromatic heterocycles. The highest BCUT2D eigenvalue weighted by molar-refractivity contribution is 6.32. The van der Waals surface area contributed by atoms with Crippen molar-refractivity contribution >= 4 is 11.6 Å². The van der Waals surface area contributed by atoms with Gasteiger partial charge in [0, 0.05) is 6.54 Å². The van der Waals surface area contributed by atoms with E-state index in [0.29, 0.717) is 17.2 Å². The molecule has 1 unspecified atom stereocenters. The first-order valence-electron chi connectivity index (χ1n) is 6.36. The second kappa shape index (κ2) is 7.62. The van der Waals surface area contributed by atoms with Gasteiger partial charge in [-0.25, -0.2) is 0 Å². The van der Waals surface area contributed by atoms with Gasteiger partial charge in [-0.1, -0.05) is 31.5 Å². The molecule has 0 aliphatic carbocycles. The molecule has 0 radical (unpaired) electrons. The molecule has 0 bridgehead atoms. The maximum Gasteiger partial charge on any atom is 0.137 e. The van der Waals surface area contributed by atoms with E-state index in [2.05, 4.69) is 18.7 Å². The van der Waals surface area contributed by atoms with Crippen molar-refractivity contribution in [3.8, 4) is 5.75 Å². The summed E-state index contributed by atoms with van der Waals surface area (Å²) in [6.07, 6.45) is 0.240. The Labute approximate surface area is 114 Å². The summed E-state index contributed by atoms with van der Waals surface area (Å²) >= 11 is 5.96. The van der Waals surface area contributed by atoms with Gasteiger partial charge in [-0.05, 0) is 37.2 Å². The third kappa shape index (κ3) is 4.16. The molecule has 4 heteroatoms. The number of benzene rings is 1. The molecule has 102 valence electrons. The van der Waals surface area contributed by atoms with Gasteiger partial charge >= 0.3 is 0 Å². The lowest BCUT2D eigenvalue weighted by Crippen LogP contribution is -2.25. The summed E-state index contributed by atoms with van der Waals surface area (Å²) in [5.41, 5.74) is 0.850. The van der Waals surface area contributed by atoms with Crippen molar-refractivity contribution in [3.63, 3.8) is 0 Å². The summed E-state index contributed by atoms with van der Waals surface area (Å²) < 4.78 is 5.15. The van der Waals surface area contributed by atoms with Crippen molar-refractivity contribution < 1.29 is 9.84 Å². The highest BCUT2D eigenvalue weighted by atomic mass is 35.5. The minimum Gasteiger partial charge on any atom is -0.495 e. The molecule has 0 saturated carbocycles. The van der Waals surface area contributed by atoms with Crippen LogP contribution in [0.3, 0.4) is 0 Å². The molecular weight excluding hydrogens is 250 g/mol. The number of halogens is 1. The fourth-order valence-corrected chi connectivity index (χ4v) is 2.09. The largest absolute Gasteiger partial charge is 0.495 e. The summed E-state index contributed by atoms with van der Waals surface area (Å²) in [5.74, 6) is 0.607. The van der Waals surface area contributed by atoms with E-state index in [1.807, 2.05) is 6.07 Å². The Bertz CT molecular complexity index is 367. The molecule has 0 fully saturated rings. The van der Waals surface area contributed by atoms with Crippen molar-refractivity contribution in [1.82, 2.24) is 4.90 Å². The summed E-state index contributed by atoms with van der Waals surface area (Å²) in [4.78, 5) is 2.29. The van der Waals surface area contributed by atoms with Crippen LogP contribution in [0.2, 0.25) is 5.02 Å². The number of methoxy groups -OCH3 is 1. The van der Waals surface area contributed by atoms with Gasteiger partial charge < -0.3 is 14.7 Å². The van der Waals surface area contributed by atoms with Gasteiger partial charge in [0.2, 0.25) is 0 Å². The van der Waals surface area contributed by atoms with Gasteiger partial charge in [-0.3, -0.25) is 0 Å². The van der Waals surface area contributed by atoms with Gasteiger partial charge in [0.15, 0.2) is 0 Å². The number of rotatable bonds is 7. The Kier molecular flexibility index (Phi) is 6.47. The smallest absolute Gasteiger partial charge is 0.137 e. The van der Waals surface area contributed by atoms with Crippen LogP contribution < -0.4 is 4.74 Å². The van der Waals surface area contributed by atoms with Crippen LogP contribution in [0.25, 0.3) is 0 Å². The second-order valence-corrected chi connectivity index (χ2v) is 4.63. The average Bonchev–Trinajstić information content (AvgIpc) is 2.40. The lowest BCUT2D eigenvalue weighted by atomic mass is 10.1. The number of nitrogens with zero attached hydrogens (tertiary/aromatic N) is 1. The van der Waals surface area contributed by atoms with Crippen molar-refractivity contribution in [2.24, 2.45) is 0 Å². The molecule has 3 nitrogen and oxygen atoms in total. The molecule has 0 spiro atoms. The lowest BCUT2D eigenvalue weighted by molar-refractivity contribution is 0.145. The third-order valence-corrected chi connectivity index (χ3v) is 3.49. The van der Waals surface area contributed by atoms with E-state index in [9.17, 15) is 5.11 Å². The summed E-state index contributed by atoms with van der Waals surface area (Å²) in [7, 11) is 1.58. The number of ether oxygens (including phenoxy) is 1. The summed E-state index contributed by atoms with van der Waals surface area (Å²) in [6, 6.07) is 5.41. The van der Waals surface area contributed by atoms with Crippen LogP contribution >= 0.6 is 11.6 Å². The molecular formula is C14H22ClNO2. The van der Waals surface area contributed by atoms with Crippen LogP contribution in [0.15, 0.2) is 18.2 Å². The fraction of sp³-hybridized carbons (Fsp3) is 0.571. The van der Waals surface area contributed by atoms with Gasteiger partial charge in [-0.2, -0.15) is 0 Å². The van der Waals surface area contributed by atoms with Crippen molar-refractivity contribution in [3.05, 3.63) is 28.8 Å². The number of hydrogen-bond donors (Lipinski definition) is 1. The Hall–Kier alpha value is -0.770. The minimum absolute atomic E-state index is 0.475. The van der Waals surface area contributed by atoms with E-state index < -0.39 is 6.10 Å². The van der Waals surface area contributed by atoms with Gasteiger partial charge in [-0.15, -0.1) is 0 Å². The average molecular weight is 272 g/mol. The predicted molar refractivity (Wildman–Crippen MR) is 75.4 cm³/mol. The van der Waals surface area contributed by atoms with E-state index in [-0.39, 0.29) is 0 Å². The molecule has 0 saturated heterocycles. The Balaban J connectivity index is 2.63. The Morgan fingerprint density at radius 2 is 2.00 bits per heavy atom. The first-order valence-corrected chi connectivity index (χ1v) is 6.74. The van der Waals surface area contributed by atoms with Crippen LogP contribution in [0.4, 0.5) is 0 Å². The van der Waals surface area contributed by atoms with Crippen LogP contribution in [0.5, 0.6) is 5.75 Å². The van der Waals surface area contributed by atoms with Crippen molar-refractivity contribution in [1.29, 1.82) is 0 Å². The number of aliphatic hydroxyl groups is 1. The second-order valence-electron chi connectivity index (χ2n) is 4.23. The molecule has 1 aromatic carbocycles. The van der Waals surface area contributed by atoms with E-state index in [4.69, 9.17) is 16.3 Å². The molecule has 0 heterocycles. The van der Waals surface area contributed by atoms with E-state index >= 15 is 0 Å². The quantitative estimate of drug-likeness (QED) is 0.827. The van der Waals surface area contributed by atoms with E-state index in [1.165, 1.54) is 0 Å². The fourth-order valence-electron chi connectivity index (χ4n) is 1.90. The lowest BCUT2D eigenvalue weighted by Gasteiger charge is -2.20. The zero-order valence-corrected chi connectivity index (χ0v) is 12.1. The summed E-state index contributed by atoms with van der Waals surface area (Å²) in [6.45, 7) is 7.15. The van der Waals surface area contributed by atoms with E-state index in [0.717, 1.165) is 25.2 Å². The minimum atomic E-state index is -0.475. The monoisotopic (exact) mass is 271 g/mol. The van der Waals surface area contributed by atoms with Crippen molar-refractivity contribution in [2.45, 2.75) is 26.4 Å². The first kappa shape index (κ1) is 15.3. The van der Waals surface area contributed by atoms with Gasteiger partial charge in [0.1, 0.15) is 5.75 Å². The zero-order valence-electron chi connectivity index (χ0n) is 11.3. The standard InChI is InChI=1S/C14H22ClNO2/c1-4-16(5-2)9-8-13(17)11-6-7-12(15)14(10-11)18-3/h6-7,10,13,17H,4-5,8-9H2,1-3H3. The SMILES string of the molecule is CCN(CC)CCC(O)c1ccc(Cl)c(OC)c1. The predicted octanol–water partition coefficient (Wildman–Crippen LogP) is 3.11. The van der Waals surface area contributed by atoms with Crippen LogP contribution in [-0.2, 0) is 0 Å². The molecule has 1 N–H and O–H groups in total. The molecule has 1 aromatic rings. The zero-order chi connectivity index (χ0) is 13.5. The molecule has 1 rings (SSSR count). The first-order chi connectivity index (χ1) is 8.62. The molecule has 1 atom stereocenters. The van der Waals surface area contributed by atoms with E-state index in [1.54, 1.807) is 19.2 Å². The normalized spacial score (nSPS) is 12.8. The number of aliphatic hydroxyl groups excluding tert-OH is 1. The van der Waals surface area contributed by atoms with Crippen LogP contribution in [-0.4, -0.2) is 36.8 Å². The maximum atomic E-state index is 10.1. The highest BCUT2D eigenvalue weighted by Crippen LogP contribution is 2.28. The van der Waals surface area contributed by atoms with Gasteiger partial charge in [0.05, 0.1) is 18.2 Å². The molecule has 18 heavy (non-hydrogen) atoms. The molecule has 0 amide bonds. The molecule has 0 aliphatic heterocycles. The molecule has 0 aliphatic rings.